The van der Waals surface area contributed by atoms with Gasteiger partial charge in [-0.1, -0.05) is 51.5 Å². The molecule has 2 atom stereocenters. The molecule has 4 rings (SSSR count). The lowest BCUT2D eigenvalue weighted by Crippen LogP contribution is -2.51. The van der Waals surface area contributed by atoms with Crippen LogP contribution in [0.25, 0.3) is 0 Å². The molecular formula is C31H46N7O2P. The fourth-order valence-electron chi connectivity index (χ4n) is 6.03. The molecule has 8 N–H and O–H groups in total. The Morgan fingerprint density at radius 3 is 2.34 bits per heavy atom. The standard InChI is InChI=1S/C31H42N5O2P.H4N2/c1-5-6-25(22-7-9-23(10-8-22)29(37)34-18-27(32)33)36-30(38)28(24-11-12-26(39)20(4)17-24)35-31(36)15-13-21(14-16-31)19(2)3;1-2/h7-12,17,19,21,25H,5-6,13-16,18,39H2,1-4H3,(H3,32,33)(H,34,37);1-2H2. The van der Waals surface area contributed by atoms with Gasteiger partial charge in [-0.3, -0.25) is 31.7 Å². The predicted octanol–water partition coefficient (Wildman–Crippen LogP) is 3.70. The summed E-state index contributed by atoms with van der Waals surface area (Å²) in [5.41, 5.74) is 8.89. The van der Waals surface area contributed by atoms with E-state index in [1.54, 1.807) is 12.1 Å². The summed E-state index contributed by atoms with van der Waals surface area (Å²) in [4.78, 5) is 34.2. The molecule has 1 spiro atoms. The minimum atomic E-state index is -0.553. The third-order valence-corrected chi connectivity index (χ3v) is 9.03. The number of amidine groups is 1. The van der Waals surface area contributed by atoms with Gasteiger partial charge >= 0.3 is 0 Å². The number of aliphatic imine (C=N–C) groups is 1. The molecule has 1 aliphatic carbocycles. The minimum Gasteiger partial charge on any atom is -0.386 e. The van der Waals surface area contributed by atoms with Crippen LogP contribution in [0.3, 0.4) is 0 Å². The van der Waals surface area contributed by atoms with Crippen molar-refractivity contribution >= 4 is 37.9 Å². The van der Waals surface area contributed by atoms with Crippen molar-refractivity contribution in [1.82, 2.24) is 10.2 Å². The first-order valence-corrected chi connectivity index (χ1v) is 15.0. The number of hydrogen-bond acceptors (Lipinski definition) is 6. The van der Waals surface area contributed by atoms with Crippen LogP contribution < -0.4 is 28.0 Å². The van der Waals surface area contributed by atoms with E-state index in [4.69, 9.17) is 16.1 Å². The van der Waals surface area contributed by atoms with Crippen molar-refractivity contribution in [3.63, 3.8) is 0 Å². The number of hydrazine groups is 1. The fourth-order valence-corrected chi connectivity index (χ4v) is 6.21. The molecule has 1 aliphatic heterocycles. The largest absolute Gasteiger partial charge is 0.386 e. The number of carbonyl (C=O) groups is 2. The molecule has 10 heteroatoms. The summed E-state index contributed by atoms with van der Waals surface area (Å²) in [7, 11) is 2.75. The highest BCUT2D eigenvalue weighted by Gasteiger charge is 2.51. The van der Waals surface area contributed by atoms with Crippen LogP contribution in [0.15, 0.2) is 47.5 Å². The zero-order valence-corrected chi connectivity index (χ0v) is 25.9. The van der Waals surface area contributed by atoms with Crippen LogP contribution in [-0.4, -0.2) is 40.5 Å². The molecule has 1 saturated carbocycles. The zero-order valence-electron chi connectivity index (χ0n) is 24.7. The van der Waals surface area contributed by atoms with Crippen LogP contribution in [0.2, 0.25) is 0 Å². The highest BCUT2D eigenvalue weighted by atomic mass is 31.0. The van der Waals surface area contributed by atoms with Gasteiger partial charge in [0.05, 0.1) is 12.6 Å². The molecule has 0 saturated heterocycles. The Kier molecular flexibility index (Phi) is 11.2. The Morgan fingerprint density at radius 2 is 1.80 bits per heavy atom. The molecule has 2 unspecified atom stereocenters. The van der Waals surface area contributed by atoms with Crippen molar-refractivity contribution in [2.45, 2.75) is 77.9 Å². The fraction of sp³-hybridized carbons (Fsp3) is 0.484. The van der Waals surface area contributed by atoms with Gasteiger partial charge in [0, 0.05) is 11.1 Å². The molecule has 0 aromatic heterocycles. The van der Waals surface area contributed by atoms with Crippen molar-refractivity contribution < 1.29 is 9.59 Å². The molecule has 2 aromatic carbocycles. The number of carbonyl (C=O) groups excluding carboxylic acids is 2. The van der Waals surface area contributed by atoms with E-state index in [1.165, 1.54) is 0 Å². The molecule has 0 radical (unpaired) electrons. The second-order valence-electron chi connectivity index (χ2n) is 11.4. The quantitative estimate of drug-likeness (QED) is 0.100. The smallest absolute Gasteiger partial charge is 0.275 e. The van der Waals surface area contributed by atoms with Crippen molar-refractivity contribution in [1.29, 1.82) is 5.41 Å². The van der Waals surface area contributed by atoms with Crippen LogP contribution in [0.1, 0.15) is 92.4 Å². The first kappa shape index (κ1) is 32.4. The van der Waals surface area contributed by atoms with Gasteiger partial charge in [0.1, 0.15) is 17.2 Å². The first-order valence-electron chi connectivity index (χ1n) is 14.4. The maximum Gasteiger partial charge on any atom is 0.275 e. The van der Waals surface area contributed by atoms with Gasteiger partial charge < -0.3 is 16.0 Å². The summed E-state index contributed by atoms with van der Waals surface area (Å²) in [6, 6.07) is 13.5. The number of nitrogens with two attached hydrogens (primary N) is 3. The lowest BCUT2D eigenvalue weighted by atomic mass is 9.76. The van der Waals surface area contributed by atoms with Gasteiger partial charge in [-0.05, 0) is 85.5 Å². The van der Waals surface area contributed by atoms with Gasteiger partial charge in [0.15, 0.2) is 0 Å². The minimum absolute atomic E-state index is 0.00405. The average Bonchev–Trinajstić information content (AvgIpc) is 3.24. The van der Waals surface area contributed by atoms with Crippen molar-refractivity contribution in [2.75, 3.05) is 6.54 Å². The predicted molar refractivity (Wildman–Crippen MR) is 170 cm³/mol. The zero-order chi connectivity index (χ0) is 30.3. The summed E-state index contributed by atoms with van der Waals surface area (Å²) < 4.78 is 0. The van der Waals surface area contributed by atoms with Crippen LogP contribution >= 0.6 is 9.24 Å². The van der Waals surface area contributed by atoms with Crippen LogP contribution in [-0.2, 0) is 4.79 Å². The number of benzene rings is 2. The van der Waals surface area contributed by atoms with E-state index in [9.17, 15) is 9.59 Å². The molecule has 1 heterocycles. The highest BCUT2D eigenvalue weighted by Crippen LogP contribution is 2.48. The summed E-state index contributed by atoms with van der Waals surface area (Å²) in [5, 5.41) is 11.1. The molecule has 41 heavy (non-hydrogen) atoms. The number of amides is 2. The molecule has 2 aliphatic rings. The maximum atomic E-state index is 14.3. The molecule has 0 bridgehead atoms. The summed E-state index contributed by atoms with van der Waals surface area (Å²) in [6.45, 7) is 8.79. The number of nitrogens with zero attached hydrogens (tertiary/aromatic N) is 2. The number of hydrogen-bond donors (Lipinski definition) is 5. The van der Waals surface area contributed by atoms with Gasteiger partial charge in [0.2, 0.25) is 0 Å². The summed E-state index contributed by atoms with van der Waals surface area (Å²) >= 11 is 0. The van der Waals surface area contributed by atoms with E-state index in [0.717, 1.165) is 60.5 Å². The molecule has 9 nitrogen and oxygen atoms in total. The van der Waals surface area contributed by atoms with Crippen molar-refractivity contribution in [3.05, 3.63) is 64.7 Å². The Morgan fingerprint density at radius 1 is 1.17 bits per heavy atom. The van der Waals surface area contributed by atoms with E-state index in [1.807, 2.05) is 24.3 Å². The van der Waals surface area contributed by atoms with Crippen LogP contribution in [0.5, 0.6) is 0 Å². The van der Waals surface area contributed by atoms with E-state index >= 15 is 0 Å². The maximum absolute atomic E-state index is 14.3. The number of rotatable bonds is 9. The third kappa shape index (κ3) is 7.21. The Labute approximate surface area is 246 Å². The van der Waals surface area contributed by atoms with Gasteiger partial charge in [0.25, 0.3) is 11.8 Å². The normalized spacial score (nSPS) is 20.9. The third-order valence-electron chi connectivity index (χ3n) is 8.38. The molecular weight excluding hydrogens is 533 g/mol. The topological polar surface area (TPSA) is 164 Å². The van der Waals surface area contributed by atoms with Gasteiger partial charge in [-0.15, -0.1) is 9.24 Å². The SMILES string of the molecule is CCCC(c1ccc(C(=O)NCC(=N)N)cc1)N1C(=O)C(c2ccc(P)c(C)c2)=NC12CCC(C(C)C)CC2.NN. The van der Waals surface area contributed by atoms with E-state index in [2.05, 4.69) is 64.9 Å². The van der Waals surface area contributed by atoms with Crippen molar-refractivity contribution in [2.24, 2.45) is 34.2 Å². The monoisotopic (exact) mass is 579 g/mol. The van der Waals surface area contributed by atoms with Crippen molar-refractivity contribution in [3.8, 4) is 0 Å². The summed E-state index contributed by atoms with van der Waals surface area (Å²) in [6.07, 6.45) is 5.54. The lowest BCUT2D eigenvalue weighted by molar-refractivity contribution is -0.133. The second kappa shape index (κ2) is 14.2. The van der Waals surface area contributed by atoms with Crippen LogP contribution in [0, 0.1) is 24.2 Å². The Bertz CT molecular complexity index is 1270. The summed E-state index contributed by atoms with van der Waals surface area (Å²) in [5.74, 6) is 8.88. The molecule has 2 aromatic rings. The van der Waals surface area contributed by atoms with Gasteiger partial charge in [-0.2, -0.15) is 0 Å². The van der Waals surface area contributed by atoms with E-state index in [0.29, 0.717) is 23.1 Å². The molecule has 222 valence electrons. The Hall–Kier alpha value is -3.13. The molecule has 1 fully saturated rings. The second-order valence-corrected chi connectivity index (χ2v) is 12.0. The first-order chi connectivity index (χ1) is 19.6. The number of aryl methyl sites for hydroxylation is 1. The van der Waals surface area contributed by atoms with Gasteiger partial charge in [-0.25, -0.2) is 0 Å². The number of nitrogens with one attached hydrogen (secondary N) is 2. The lowest BCUT2D eigenvalue weighted by Gasteiger charge is -2.46. The highest BCUT2D eigenvalue weighted by molar-refractivity contribution is 7.27. The van der Waals surface area contributed by atoms with E-state index in [-0.39, 0.29) is 30.2 Å². The van der Waals surface area contributed by atoms with E-state index < -0.39 is 5.66 Å². The molecule has 2 amide bonds. The Balaban J connectivity index is 0.00000226. The average molecular weight is 580 g/mol. The van der Waals surface area contributed by atoms with Crippen LogP contribution in [0.4, 0.5) is 0 Å².